The molecule has 0 aliphatic rings. The predicted molar refractivity (Wildman–Crippen MR) is 117 cm³/mol. The molecule has 2 nitrogen and oxygen atoms in total. The Labute approximate surface area is 161 Å². The van der Waals surface area contributed by atoms with E-state index >= 15 is 0 Å². The number of nitrogens with zero attached hydrogens (tertiary/aromatic N) is 1. The molecular weight excluding hydrogens is 328 g/mol. The van der Waals surface area contributed by atoms with Crippen LogP contribution < -0.4 is 5.32 Å². The number of hydrogen-bond acceptors (Lipinski definition) is 2. The molecule has 2 heteroatoms. The van der Waals surface area contributed by atoms with Crippen LogP contribution in [0.25, 0.3) is 21.5 Å². The SMILES string of the molecule is CCCCCCc1ccnc(Nc2c3ccccc3cc3ccccc23)c1. The van der Waals surface area contributed by atoms with Crippen LogP contribution in [0.1, 0.15) is 38.2 Å². The Morgan fingerprint density at radius 2 is 1.48 bits per heavy atom. The molecule has 0 aliphatic carbocycles. The lowest BCUT2D eigenvalue weighted by Crippen LogP contribution is -1.97. The van der Waals surface area contributed by atoms with E-state index in [0.29, 0.717) is 0 Å². The van der Waals surface area contributed by atoms with Gasteiger partial charge in [-0.3, -0.25) is 0 Å². The van der Waals surface area contributed by atoms with Crippen molar-refractivity contribution in [1.29, 1.82) is 0 Å². The third kappa shape index (κ3) is 3.95. The minimum Gasteiger partial charge on any atom is -0.339 e. The average molecular weight is 354 g/mol. The molecule has 0 saturated carbocycles. The third-order valence-corrected chi connectivity index (χ3v) is 5.17. The van der Waals surface area contributed by atoms with Gasteiger partial charge in [0.2, 0.25) is 0 Å². The Kier molecular flexibility index (Phi) is 5.34. The smallest absolute Gasteiger partial charge is 0.130 e. The van der Waals surface area contributed by atoms with Gasteiger partial charge in [0.1, 0.15) is 5.82 Å². The lowest BCUT2D eigenvalue weighted by Gasteiger charge is -2.14. The zero-order valence-electron chi connectivity index (χ0n) is 15.9. The van der Waals surface area contributed by atoms with Crippen LogP contribution in [0.4, 0.5) is 11.5 Å². The van der Waals surface area contributed by atoms with Gasteiger partial charge in [0.05, 0.1) is 5.69 Å². The van der Waals surface area contributed by atoms with Gasteiger partial charge in [-0.1, -0.05) is 74.7 Å². The van der Waals surface area contributed by atoms with Crippen molar-refractivity contribution in [2.24, 2.45) is 0 Å². The van der Waals surface area contributed by atoms with Gasteiger partial charge < -0.3 is 5.32 Å². The number of fused-ring (bicyclic) bond motifs is 2. The molecule has 0 aliphatic heterocycles. The molecule has 27 heavy (non-hydrogen) atoms. The van der Waals surface area contributed by atoms with Crippen molar-refractivity contribution < 1.29 is 0 Å². The third-order valence-electron chi connectivity index (χ3n) is 5.17. The van der Waals surface area contributed by atoms with Gasteiger partial charge in [0, 0.05) is 17.0 Å². The number of unbranched alkanes of at least 4 members (excludes halogenated alkanes) is 3. The Bertz CT molecular complexity index is 998. The first-order valence-electron chi connectivity index (χ1n) is 9.97. The summed E-state index contributed by atoms with van der Waals surface area (Å²) in [5.41, 5.74) is 2.49. The van der Waals surface area contributed by atoms with Crippen molar-refractivity contribution in [1.82, 2.24) is 4.98 Å². The molecule has 4 rings (SSSR count). The van der Waals surface area contributed by atoms with Gasteiger partial charge in [-0.15, -0.1) is 0 Å². The molecule has 0 amide bonds. The Morgan fingerprint density at radius 1 is 0.778 bits per heavy atom. The zero-order valence-corrected chi connectivity index (χ0v) is 15.9. The summed E-state index contributed by atoms with van der Waals surface area (Å²) in [5, 5.41) is 8.57. The fraction of sp³-hybridized carbons (Fsp3) is 0.240. The van der Waals surface area contributed by atoms with Crippen molar-refractivity contribution in [2.45, 2.75) is 39.0 Å². The lowest BCUT2D eigenvalue weighted by atomic mass is 10.0. The summed E-state index contributed by atoms with van der Waals surface area (Å²) in [6.07, 6.45) is 8.18. The van der Waals surface area contributed by atoms with Gasteiger partial charge in [-0.25, -0.2) is 4.98 Å². The van der Waals surface area contributed by atoms with Gasteiger partial charge >= 0.3 is 0 Å². The predicted octanol–water partition coefficient (Wildman–Crippen LogP) is 7.25. The van der Waals surface area contributed by atoms with E-state index in [1.165, 1.54) is 52.8 Å². The summed E-state index contributed by atoms with van der Waals surface area (Å²) in [6, 6.07) is 23.7. The highest BCUT2D eigenvalue weighted by Gasteiger charge is 2.08. The second-order valence-electron chi connectivity index (χ2n) is 7.18. The summed E-state index contributed by atoms with van der Waals surface area (Å²) >= 11 is 0. The second kappa shape index (κ2) is 8.22. The number of anilines is 2. The number of pyridine rings is 1. The Balaban J connectivity index is 1.68. The van der Waals surface area contributed by atoms with Crippen LogP contribution in [-0.4, -0.2) is 4.98 Å². The van der Waals surface area contributed by atoms with Crippen LogP contribution in [0.2, 0.25) is 0 Å². The highest BCUT2D eigenvalue weighted by molar-refractivity contribution is 6.11. The Hall–Kier alpha value is -2.87. The van der Waals surface area contributed by atoms with Crippen molar-refractivity contribution in [3.05, 3.63) is 78.5 Å². The molecule has 1 heterocycles. The van der Waals surface area contributed by atoms with Gasteiger partial charge in [0.25, 0.3) is 0 Å². The van der Waals surface area contributed by atoms with Crippen LogP contribution in [0.15, 0.2) is 72.9 Å². The summed E-state index contributed by atoms with van der Waals surface area (Å²) in [4.78, 5) is 4.58. The second-order valence-corrected chi connectivity index (χ2v) is 7.18. The van der Waals surface area contributed by atoms with Crippen molar-refractivity contribution >= 4 is 33.1 Å². The lowest BCUT2D eigenvalue weighted by molar-refractivity contribution is 0.666. The van der Waals surface area contributed by atoms with E-state index in [4.69, 9.17) is 0 Å². The first-order valence-corrected chi connectivity index (χ1v) is 9.97. The highest BCUT2D eigenvalue weighted by atomic mass is 15.0. The zero-order chi connectivity index (χ0) is 18.5. The van der Waals surface area contributed by atoms with Crippen molar-refractivity contribution in [3.8, 4) is 0 Å². The minimum absolute atomic E-state index is 0.921. The molecule has 136 valence electrons. The van der Waals surface area contributed by atoms with Gasteiger partial charge in [-0.05, 0) is 47.4 Å². The molecule has 0 unspecified atom stereocenters. The molecule has 0 radical (unpaired) electrons. The van der Waals surface area contributed by atoms with E-state index in [1.807, 2.05) is 6.20 Å². The van der Waals surface area contributed by atoms with E-state index < -0.39 is 0 Å². The Morgan fingerprint density at radius 3 is 2.19 bits per heavy atom. The molecule has 0 atom stereocenters. The number of aromatic nitrogens is 1. The van der Waals surface area contributed by atoms with Crippen LogP contribution in [0.3, 0.4) is 0 Å². The normalized spacial score (nSPS) is 11.1. The van der Waals surface area contributed by atoms with Crippen LogP contribution in [0.5, 0.6) is 0 Å². The molecule has 0 fully saturated rings. The van der Waals surface area contributed by atoms with E-state index in [9.17, 15) is 0 Å². The maximum absolute atomic E-state index is 4.58. The van der Waals surface area contributed by atoms with Crippen LogP contribution >= 0.6 is 0 Å². The van der Waals surface area contributed by atoms with Crippen LogP contribution in [0, 0.1) is 0 Å². The van der Waals surface area contributed by atoms with Crippen LogP contribution in [-0.2, 0) is 6.42 Å². The number of aryl methyl sites for hydroxylation is 1. The first kappa shape index (κ1) is 17.5. The summed E-state index contributed by atoms with van der Waals surface area (Å²) in [5.74, 6) is 0.921. The number of nitrogens with one attached hydrogen (secondary N) is 1. The topological polar surface area (TPSA) is 24.9 Å². The van der Waals surface area contributed by atoms with E-state index in [1.54, 1.807) is 0 Å². The van der Waals surface area contributed by atoms with Crippen molar-refractivity contribution in [3.63, 3.8) is 0 Å². The fourth-order valence-corrected chi connectivity index (χ4v) is 3.73. The molecule has 3 aromatic carbocycles. The number of rotatable bonds is 7. The van der Waals surface area contributed by atoms with E-state index in [0.717, 1.165) is 17.9 Å². The molecule has 0 saturated heterocycles. The van der Waals surface area contributed by atoms with Gasteiger partial charge in [0.15, 0.2) is 0 Å². The maximum atomic E-state index is 4.58. The minimum atomic E-state index is 0.921. The maximum Gasteiger partial charge on any atom is 0.130 e. The summed E-state index contributed by atoms with van der Waals surface area (Å²) in [7, 11) is 0. The fourth-order valence-electron chi connectivity index (χ4n) is 3.73. The summed E-state index contributed by atoms with van der Waals surface area (Å²) in [6.45, 7) is 2.25. The summed E-state index contributed by atoms with van der Waals surface area (Å²) < 4.78 is 0. The molecule has 4 aromatic rings. The first-order chi connectivity index (χ1) is 13.3. The number of benzene rings is 3. The van der Waals surface area contributed by atoms with E-state index in [2.05, 4.69) is 84.0 Å². The molecule has 0 spiro atoms. The highest BCUT2D eigenvalue weighted by Crippen LogP contribution is 2.34. The van der Waals surface area contributed by atoms with E-state index in [-0.39, 0.29) is 0 Å². The van der Waals surface area contributed by atoms with Gasteiger partial charge in [-0.2, -0.15) is 0 Å². The van der Waals surface area contributed by atoms with Crippen molar-refractivity contribution in [2.75, 3.05) is 5.32 Å². The average Bonchev–Trinajstić information content (AvgIpc) is 2.71. The molecule has 0 bridgehead atoms. The quantitative estimate of drug-likeness (QED) is 0.279. The standard InChI is InChI=1S/C25H26N2/c1-2-3-4-5-10-19-15-16-26-24(17-19)27-25-22-13-8-6-11-20(22)18-21-12-7-9-14-23(21)25/h6-9,11-18H,2-5,10H2,1H3,(H,26,27). The monoisotopic (exact) mass is 354 g/mol. The molecular formula is C25H26N2. The largest absolute Gasteiger partial charge is 0.339 e. The molecule has 1 aromatic heterocycles. The number of hydrogen-bond donors (Lipinski definition) is 1. The molecule has 1 N–H and O–H groups in total.